The quantitative estimate of drug-likeness (QED) is 0.203. The highest BCUT2D eigenvalue weighted by molar-refractivity contribution is 7.91. The van der Waals surface area contributed by atoms with Gasteiger partial charge in [-0.15, -0.1) is 4.37 Å². The Balaban J connectivity index is 1.01. The van der Waals surface area contributed by atoms with Crippen molar-refractivity contribution < 1.29 is 23.1 Å². The Hall–Kier alpha value is -2.28. The summed E-state index contributed by atoms with van der Waals surface area (Å²) in [6, 6.07) is 0.0944. The predicted octanol–water partition coefficient (Wildman–Crippen LogP) is 7.66. The highest BCUT2D eigenvalue weighted by Crippen LogP contribution is 2.76. The summed E-state index contributed by atoms with van der Waals surface area (Å²) < 4.78 is 33.8. The molecule has 0 aromatic carbocycles. The first-order valence-electron chi connectivity index (χ1n) is 21.9. The van der Waals surface area contributed by atoms with E-state index in [4.69, 9.17) is 4.74 Å². The second-order valence-electron chi connectivity index (χ2n) is 21.0. The summed E-state index contributed by atoms with van der Waals surface area (Å²) in [4.78, 5) is 28.8. The average Bonchev–Trinajstić information content (AvgIpc) is 3.75. The molecule has 57 heavy (non-hydrogen) atoms. The van der Waals surface area contributed by atoms with Crippen molar-refractivity contribution in [1.29, 1.82) is 0 Å². The molecular weight excluding hydrogens is 757 g/mol. The molecular formula is C45H68N4O6S2. The maximum absolute atomic E-state index is 12.6. The number of nitrogens with zero attached hydrogens (tertiary/aromatic N) is 2. The number of allylic oxidation sites excluding steroid dienone is 5. The molecule has 6 aliphatic carbocycles. The maximum Gasteiger partial charge on any atom is 0.326 e. The molecule has 0 amide bonds. The van der Waals surface area contributed by atoms with Crippen LogP contribution in [-0.2, 0) is 14.6 Å². The van der Waals surface area contributed by atoms with Gasteiger partial charge in [-0.3, -0.25) is 14.6 Å². The van der Waals surface area contributed by atoms with Crippen molar-refractivity contribution in [3.8, 4) is 6.01 Å². The fraction of sp³-hybridized carbons (Fsp3) is 0.800. The Labute approximate surface area is 344 Å². The first-order valence-corrected chi connectivity index (χ1v) is 24.5. The second kappa shape index (κ2) is 14.4. The van der Waals surface area contributed by atoms with Crippen LogP contribution in [0, 0.1) is 56.7 Å². The van der Waals surface area contributed by atoms with E-state index < -0.39 is 21.2 Å². The van der Waals surface area contributed by atoms with Crippen molar-refractivity contribution in [2.75, 3.05) is 44.3 Å². The normalized spacial score (nSPS) is 42.4. The fourth-order valence-electron chi connectivity index (χ4n) is 15.1. The van der Waals surface area contributed by atoms with E-state index in [2.05, 4.69) is 79.8 Å². The van der Waals surface area contributed by atoms with Crippen LogP contribution in [0.3, 0.4) is 0 Å². The molecule has 10 nitrogen and oxygen atoms in total. The molecule has 1 unspecified atom stereocenters. The second-order valence-corrected chi connectivity index (χ2v) is 24.1. The number of ether oxygens (including phenoxy) is 1. The zero-order chi connectivity index (χ0) is 40.8. The number of sulfone groups is 1. The van der Waals surface area contributed by atoms with Gasteiger partial charge in [-0.2, -0.15) is 0 Å². The van der Waals surface area contributed by atoms with Crippen LogP contribution in [0.5, 0.6) is 6.01 Å². The summed E-state index contributed by atoms with van der Waals surface area (Å²) in [7, 11) is -2.88. The number of aromatic amines is 1. The van der Waals surface area contributed by atoms with Gasteiger partial charge < -0.3 is 20.1 Å². The number of hydrogen-bond acceptors (Lipinski definition) is 9. The van der Waals surface area contributed by atoms with Crippen LogP contribution in [0.4, 0.5) is 0 Å². The van der Waals surface area contributed by atoms with Crippen LogP contribution in [0.15, 0.2) is 40.2 Å². The molecule has 2 heterocycles. The lowest BCUT2D eigenvalue weighted by Gasteiger charge is -2.72. The van der Waals surface area contributed by atoms with E-state index >= 15 is 0 Å². The Bertz CT molecular complexity index is 1990. The lowest BCUT2D eigenvalue weighted by Crippen LogP contribution is -2.68. The zero-order valence-corrected chi connectivity index (χ0v) is 37.0. The van der Waals surface area contributed by atoms with Gasteiger partial charge in [-0.1, -0.05) is 58.9 Å². The van der Waals surface area contributed by atoms with E-state index in [1.807, 2.05) is 0 Å². The number of carboxylic acid groups (broad SMARTS) is 1. The molecule has 5 fully saturated rings. The van der Waals surface area contributed by atoms with Gasteiger partial charge in [0.2, 0.25) is 0 Å². The molecule has 0 spiro atoms. The van der Waals surface area contributed by atoms with Crippen molar-refractivity contribution in [2.24, 2.45) is 56.7 Å². The zero-order valence-electron chi connectivity index (χ0n) is 35.4. The first kappa shape index (κ1) is 41.5. The van der Waals surface area contributed by atoms with Gasteiger partial charge in [0.05, 0.1) is 11.5 Å². The van der Waals surface area contributed by atoms with Gasteiger partial charge in [0, 0.05) is 43.3 Å². The number of carboxylic acids is 1. The van der Waals surface area contributed by atoms with Crippen LogP contribution >= 0.6 is 11.5 Å². The molecule has 1 aromatic rings. The van der Waals surface area contributed by atoms with Gasteiger partial charge in [0.25, 0.3) is 0 Å². The van der Waals surface area contributed by atoms with Crippen LogP contribution in [0.1, 0.15) is 119 Å². The number of aromatic nitrogens is 2. The van der Waals surface area contributed by atoms with Crippen molar-refractivity contribution in [3.63, 3.8) is 0 Å². The highest BCUT2D eigenvalue weighted by atomic mass is 32.2. The van der Waals surface area contributed by atoms with E-state index in [-0.39, 0.29) is 56.2 Å². The third-order valence-electron chi connectivity index (χ3n) is 18.3. The predicted molar refractivity (Wildman–Crippen MR) is 226 cm³/mol. The third kappa shape index (κ3) is 6.68. The number of nitrogens with one attached hydrogen (secondary N) is 2. The van der Waals surface area contributed by atoms with Gasteiger partial charge >= 0.3 is 16.9 Å². The fourth-order valence-corrected chi connectivity index (χ4v) is 16.7. The van der Waals surface area contributed by atoms with Crippen molar-refractivity contribution >= 4 is 27.3 Å². The minimum Gasteiger partial charge on any atom is -0.481 e. The molecule has 1 aromatic heterocycles. The summed E-state index contributed by atoms with van der Waals surface area (Å²) in [5.74, 6) is 2.66. The lowest BCUT2D eigenvalue weighted by molar-refractivity contribution is -0.221. The molecule has 316 valence electrons. The third-order valence-corrected chi connectivity index (χ3v) is 20.4. The van der Waals surface area contributed by atoms with Crippen molar-refractivity contribution in [1.82, 2.24) is 19.6 Å². The molecule has 8 rings (SSSR count). The molecule has 1 aliphatic heterocycles. The SMILES string of the molecule is C=C(C)[C@@H]1CC[C@]2(NCCN3CCS(=O)(=O)CC3)CC[C@]3(C)[C@H](CC[C@@H]4[C@@]5(C)CC=C(C6=CCC(COc7nsc(=O)[nH]7)(C(=O)O)CC6)C(C)(C)[C@@H]5CC[C@]43C)[C@@H]12. The van der Waals surface area contributed by atoms with Gasteiger partial charge in [-0.25, -0.2) is 8.42 Å². The van der Waals surface area contributed by atoms with Crippen molar-refractivity contribution in [2.45, 2.75) is 124 Å². The largest absolute Gasteiger partial charge is 0.481 e. The molecule has 0 radical (unpaired) electrons. The van der Waals surface area contributed by atoms with Gasteiger partial charge in [-0.05, 0) is 146 Å². The summed E-state index contributed by atoms with van der Waals surface area (Å²) >= 11 is 0.775. The van der Waals surface area contributed by atoms with Crippen LogP contribution in [0.2, 0.25) is 0 Å². The standard InChI is InChI=1S/C45H68N4O6S2/c1-29(2)31-12-19-45(46-22-23-49-24-26-57(53,54)27-25-49)21-20-42(6)33(36(31)45)8-9-35-41(5)15-13-32(40(3,4)34(41)14-16-43(35,42)7)30-10-17-44(18-11-30,37(50)51)28-55-38-47-39(52)56-48-38/h10,13,31,33-36,46H,1,8-9,11-12,14-28H2,2-7H3,(H,50,51)(H,47,48,52)/t31-,33+,34-,35+,36+,41-,42+,43+,44?,45-/m0/s1. The Morgan fingerprint density at radius 2 is 1.75 bits per heavy atom. The van der Waals surface area contributed by atoms with E-state index in [1.165, 1.54) is 68.1 Å². The van der Waals surface area contributed by atoms with Crippen LogP contribution < -0.4 is 14.9 Å². The molecule has 1 saturated heterocycles. The molecule has 10 atom stereocenters. The number of H-pyrrole nitrogens is 1. The smallest absolute Gasteiger partial charge is 0.326 e. The average molecular weight is 825 g/mol. The summed E-state index contributed by atoms with van der Waals surface area (Å²) in [5.41, 5.74) is 3.80. The lowest BCUT2D eigenvalue weighted by atomic mass is 9.33. The Morgan fingerprint density at radius 3 is 2.40 bits per heavy atom. The van der Waals surface area contributed by atoms with Crippen LogP contribution in [0.25, 0.3) is 0 Å². The minimum atomic E-state index is -2.88. The van der Waals surface area contributed by atoms with E-state index in [9.17, 15) is 23.1 Å². The van der Waals surface area contributed by atoms with Crippen molar-refractivity contribution in [3.05, 3.63) is 45.1 Å². The summed E-state index contributed by atoms with van der Waals surface area (Å²) in [6.07, 6.45) is 17.3. The van der Waals surface area contributed by atoms with E-state index in [1.54, 1.807) is 0 Å². The first-order chi connectivity index (χ1) is 26.8. The minimum absolute atomic E-state index is 0.0209. The molecule has 7 aliphatic rings. The Kier molecular flexibility index (Phi) is 10.5. The maximum atomic E-state index is 12.6. The van der Waals surface area contributed by atoms with Gasteiger partial charge in [0.1, 0.15) is 12.0 Å². The topological polar surface area (TPSA) is 142 Å². The summed E-state index contributed by atoms with van der Waals surface area (Å²) in [5, 5.41) is 14.6. The highest BCUT2D eigenvalue weighted by Gasteiger charge is 2.70. The molecule has 0 bridgehead atoms. The molecule has 4 saturated carbocycles. The number of fused-ring (bicyclic) bond motifs is 7. The number of carbonyl (C=O) groups is 1. The van der Waals surface area contributed by atoms with Gasteiger partial charge in [0.15, 0.2) is 9.84 Å². The molecule has 12 heteroatoms. The number of aliphatic carboxylic acids is 1. The van der Waals surface area contributed by atoms with Crippen LogP contribution in [-0.4, -0.2) is 83.6 Å². The summed E-state index contributed by atoms with van der Waals surface area (Å²) in [6.45, 7) is 23.0. The molecule has 3 N–H and O–H groups in total. The number of hydrogen-bond donors (Lipinski definition) is 3. The van der Waals surface area contributed by atoms with E-state index in [0.717, 1.165) is 31.0 Å². The number of rotatable bonds is 10. The van der Waals surface area contributed by atoms with E-state index in [0.29, 0.717) is 61.9 Å². The Morgan fingerprint density at radius 1 is 1.00 bits per heavy atom. The monoisotopic (exact) mass is 824 g/mol.